The van der Waals surface area contributed by atoms with Crippen LogP contribution in [-0.2, 0) is 15.9 Å². The fourth-order valence-electron chi connectivity index (χ4n) is 4.14. The van der Waals surface area contributed by atoms with Crippen LogP contribution in [0, 0.1) is 5.82 Å². The van der Waals surface area contributed by atoms with Crippen LogP contribution in [0.1, 0.15) is 34.6 Å². The van der Waals surface area contributed by atoms with Crippen LogP contribution in [-0.4, -0.2) is 59.4 Å². The van der Waals surface area contributed by atoms with Gasteiger partial charge in [-0.05, 0) is 35.9 Å². The Morgan fingerprint density at radius 2 is 1.85 bits per heavy atom. The number of ether oxygens (including phenoxy) is 4. The largest absolute Gasteiger partial charge is 0.493 e. The summed E-state index contributed by atoms with van der Waals surface area (Å²) >= 11 is 1.10. The molecule has 10 heteroatoms. The summed E-state index contributed by atoms with van der Waals surface area (Å²) < 4.78 is 40.3. The number of likely N-dealkylation sites (tertiary alicyclic amines) is 1. The number of benzene rings is 2. The average molecular weight is 486 g/mol. The van der Waals surface area contributed by atoms with Crippen molar-refractivity contribution >= 4 is 17.4 Å². The Kier molecular flexibility index (Phi) is 6.44. The molecule has 2 saturated heterocycles. The molecule has 2 aliphatic heterocycles. The summed E-state index contributed by atoms with van der Waals surface area (Å²) in [6.07, 6.45) is 1.76. The molecule has 5 rings (SSSR count). The fourth-order valence-corrected chi connectivity index (χ4v) is 4.70. The molecule has 8 nitrogen and oxygen atoms in total. The predicted octanol–water partition coefficient (Wildman–Crippen LogP) is 4.05. The summed E-state index contributed by atoms with van der Waals surface area (Å²) in [6.45, 7) is 2.32. The van der Waals surface area contributed by atoms with Gasteiger partial charge in [0.05, 0.1) is 20.3 Å². The molecule has 0 unspecified atom stereocenters. The third-order valence-corrected chi connectivity index (χ3v) is 6.59. The van der Waals surface area contributed by atoms with Crippen molar-refractivity contribution in [1.82, 2.24) is 14.3 Å². The molecular weight excluding hydrogens is 461 g/mol. The highest BCUT2D eigenvalue weighted by Gasteiger charge is 2.40. The summed E-state index contributed by atoms with van der Waals surface area (Å²) in [5, 5.41) is 0.329. The highest BCUT2D eigenvalue weighted by molar-refractivity contribution is 7.07. The lowest BCUT2D eigenvalue weighted by molar-refractivity contribution is -0.181. The highest BCUT2D eigenvalue weighted by atomic mass is 32.1. The van der Waals surface area contributed by atoms with E-state index >= 15 is 0 Å². The van der Waals surface area contributed by atoms with Gasteiger partial charge in [0.15, 0.2) is 23.1 Å². The molecular formula is C24H24FN3O5S. The summed E-state index contributed by atoms with van der Waals surface area (Å²) in [5.74, 6) is 0.524. The maximum absolute atomic E-state index is 13.1. The number of piperidine rings is 1. The van der Waals surface area contributed by atoms with Gasteiger partial charge in [0.25, 0.3) is 11.1 Å². The molecule has 1 spiro atoms. The zero-order valence-corrected chi connectivity index (χ0v) is 19.5. The van der Waals surface area contributed by atoms with E-state index in [1.165, 1.54) is 19.2 Å². The van der Waals surface area contributed by atoms with Crippen LogP contribution in [0.4, 0.5) is 4.39 Å². The van der Waals surface area contributed by atoms with Gasteiger partial charge in [-0.2, -0.15) is 9.36 Å². The van der Waals surface area contributed by atoms with Gasteiger partial charge in [-0.1, -0.05) is 12.1 Å². The average Bonchev–Trinajstić information content (AvgIpc) is 3.50. The smallest absolute Gasteiger partial charge is 0.298 e. The first-order valence-corrected chi connectivity index (χ1v) is 11.8. The number of rotatable bonds is 6. The molecule has 2 fully saturated rings. The molecule has 34 heavy (non-hydrogen) atoms. The van der Waals surface area contributed by atoms with Crippen molar-refractivity contribution in [2.24, 2.45) is 0 Å². The normalized spacial score (nSPS) is 17.2. The van der Waals surface area contributed by atoms with Crippen molar-refractivity contribution in [2.45, 2.75) is 25.0 Å². The minimum atomic E-state index is -0.533. The Balaban J connectivity index is 1.27. The number of carbonyl (C=O) groups is 1. The van der Waals surface area contributed by atoms with Crippen molar-refractivity contribution in [3.05, 3.63) is 65.2 Å². The van der Waals surface area contributed by atoms with Gasteiger partial charge < -0.3 is 23.8 Å². The standard InChI is InChI=1S/C24H24FN3O5S/c1-30-19-7-4-17(22(29)28-10-8-24(9-11-28)31-12-13-32-24)15-20(19)33-23-26-21(27-34-23)14-16-2-5-18(25)6-3-16/h2-7,15H,8-14H2,1H3. The number of halogens is 1. The molecule has 0 radical (unpaired) electrons. The molecule has 2 aromatic carbocycles. The van der Waals surface area contributed by atoms with Crippen molar-refractivity contribution in [3.8, 4) is 16.7 Å². The van der Waals surface area contributed by atoms with Gasteiger partial charge in [-0.3, -0.25) is 4.79 Å². The topological polar surface area (TPSA) is 83.0 Å². The van der Waals surface area contributed by atoms with Crippen LogP contribution in [0.25, 0.3) is 0 Å². The van der Waals surface area contributed by atoms with E-state index < -0.39 is 5.79 Å². The molecule has 0 N–H and O–H groups in total. The van der Waals surface area contributed by atoms with Gasteiger partial charge in [0, 0.05) is 49.4 Å². The van der Waals surface area contributed by atoms with Crippen molar-refractivity contribution < 1.29 is 28.1 Å². The number of hydrogen-bond donors (Lipinski definition) is 0. The van der Waals surface area contributed by atoms with Gasteiger partial charge in [0.2, 0.25) is 0 Å². The summed E-state index contributed by atoms with van der Waals surface area (Å²) in [5.41, 5.74) is 1.39. The van der Waals surface area contributed by atoms with E-state index in [1.807, 2.05) is 0 Å². The highest BCUT2D eigenvalue weighted by Crippen LogP contribution is 2.35. The van der Waals surface area contributed by atoms with Crippen LogP contribution in [0.2, 0.25) is 0 Å². The first-order chi connectivity index (χ1) is 16.5. The van der Waals surface area contributed by atoms with E-state index in [0.29, 0.717) is 73.6 Å². The molecule has 3 heterocycles. The molecule has 0 bridgehead atoms. The number of hydrogen-bond acceptors (Lipinski definition) is 8. The van der Waals surface area contributed by atoms with Gasteiger partial charge >= 0.3 is 0 Å². The Morgan fingerprint density at radius 3 is 2.56 bits per heavy atom. The van der Waals surface area contributed by atoms with Crippen LogP contribution in [0.15, 0.2) is 42.5 Å². The number of amides is 1. The molecule has 178 valence electrons. The number of methoxy groups -OCH3 is 1. The second-order valence-corrected chi connectivity index (χ2v) is 8.86. The van der Waals surface area contributed by atoms with Crippen LogP contribution >= 0.6 is 11.5 Å². The van der Waals surface area contributed by atoms with Crippen LogP contribution in [0.5, 0.6) is 16.7 Å². The second kappa shape index (κ2) is 9.65. The summed E-state index contributed by atoms with van der Waals surface area (Å²) in [7, 11) is 1.54. The van der Waals surface area contributed by atoms with Gasteiger partial charge in [-0.15, -0.1) is 0 Å². The van der Waals surface area contributed by atoms with Crippen LogP contribution < -0.4 is 9.47 Å². The SMILES string of the molecule is COc1ccc(C(=O)N2CCC3(CC2)OCCO3)cc1Oc1nc(Cc2ccc(F)cc2)ns1. The fraction of sp³-hybridized carbons (Fsp3) is 0.375. The quantitative estimate of drug-likeness (QED) is 0.521. The van der Waals surface area contributed by atoms with Gasteiger partial charge in [0.1, 0.15) is 5.82 Å². The molecule has 2 aliphatic rings. The second-order valence-electron chi connectivity index (χ2n) is 8.15. The monoisotopic (exact) mass is 485 g/mol. The first kappa shape index (κ1) is 22.7. The Labute approximate surface area is 200 Å². The van der Waals surface area contributed by atoms with E-state index in [-0.39, 0.29) is 11.7 Å². The van der Waals surface area contributed by atoms with E-state index in [4.69, 9.17) is 18.9 Å². The lowest BCUT2D eigenvalue weighted by atomic mass is 10.0. The van der Waals surface area contributed by atoms with Gasteiger partial charge in [-0.25, -0.2) is 4.39 Å². The minimum Gasteiger partial charge on any atom is -0.493 e. The molecule has 0 aliphatic carbocycles. The predicted molar refractivity (Wildman–Crippen MR) is 122 cm³/mol. The molecule has 0 saturated carbocycles. The Bertz CT molecular complexity index is 1150. The lowest BCUT2D eigenvalue weighted by Gasteiger charge is -2.37. The zero-order valence-electron chi connectivity index (χ0n) is 18.7. The first-order valence-electron chi connectivity index (χ1n) is 11.0. The Morgan fingerprint density at radius 1 is 1.12 bits per heavy atom. The molecule has 0 atom stereocenters. The minimum absolute atomic E-state index is 0.0883. The number of nitrogens with zero attached hydrogens (tertiary/aromatic N) is 3. The zero-order chi connectivity index (χ0) is 23.5. The van der Waals surface area contributed by atoms with Crippen molar-refractivity contribution in [2.75, 3.05) is 33.4 Å². The maximum Gasteiger partial charge on any atom is 0.298 e. The lowest BCUT2D eigenvalue weighted by Crippen LogP contribution is -2.47. The maximum atomic E-state index is 13.1. The van der Waals surface area contributed by atoms with Crippen molar-refractivity contribution in [1.29, 1.82) is 0 Å². The Hall–Kier alpha value is -3.08. The molecule has 3 aromatic rings. The number of carbonyl (C=O) groups excluding carboxylic acids is 1. The van der Waals surface area contributed by atoms with E-state index in [2.05, 4.69) is 9.36 Å². The summed E-state index contributed by atoms with van der Waals surface area (Å²) in [4.78, 5) is 19.4. The molecule has 1 aromatic heterocycles. The van der Waals surface area contributed by atoms with Crippen LogP contribution in [0.3, 0.4) is 0 Å². The third kappa shape index (κ3) is 4.89. The molecule has 1 amide bonds. The number of aromatic nitrogens is 2. The van der Waals surface area contributed by atoms with Crippen molar-refractivity contribution in [3.63, 3.8) is 0 Å². The third-order valence-electron chi connectivity index (χ3n) is 5.96. The van der Waals surface area contributed by atoms with E-state index in [1.54, 1.807) is 35.2 Å². The van der Waals surface area contributed by atoms with E-state index in [0.717, 1.165) is 17.1 Å². The van der Waals surface area contributed by atoms with E-state index in [9.17, 15) is 9.18 Å². The summed E-state index contributed by atoms with van der Waals surface area (Å²) in [6, 6.07) is 11.3.